The zero-order valence-electron chi connectivity index (χ0n) is 13.1. The molecule has 1 aliphatic heterocycles. The quantitative estimate of drug-likeness (QED) is 0.605. The minimum atomic E-state index is -1.17. The summed E-state index contributed by atoms with van der Waals surface area (Å²) in [6.45, 7) is -0.370. The second-order valence-electron chi connectivity index (χ2n) is 6.41. The highest BCUT2D eigenvalue weighted by Crippen LogP contribution is 2.31. The van der Waals surface area contributed by atoms with Gasteiger partial charge in [0.25, 0.3) is 0 Å². The van der Waals surface area contributed by atoms with Crippen LogP contribution in [-0.4, -0.2) is 65.8 Å². The number of hydrogen-bond acceptors (Lipinski definition) is 8. The SMILES string of the molecule is OC[C@H]1O[C@@H](n2cnc3cnc(NC4CCCC4)nc32)[C@H](O)[C@@H]1O. The lowest BCUT2D eigenvalue weighted by Gasteiger charge is -2.17. The van der Waals surface area contributed by atoms with Crippen LogP contribution in [0.15, 0.2) is 12.5 Å². The van der Waals surface area contributed by atoms with Crippen molar-refractivity contribution < 1.29 is 20.1 Å². The molecule has 0 unspecified atom stereocenters. The summed E-state index contributed by atoms with van der Waals surface area (Å²) < 4.78 is 7.12. The van der Waals surface area contributed by atoms with Crippen LogP contribution in [0.5, 0.6) is 0 Å². The van der Waals surface area contributed by atoms with Crippen molar-refractivity contribution in [2.24, 2.45) is 0 Å². The van der Waals surface area contributed by atoms with Crippen LogP contribution in [-0.2, 0) is 4.74 Å². The lowest BCUT2D eigenvalue weighted by Crippen LogP contribution is -2.33. The highest BCUT2D eigenvalue weighted by molar-refractivity contribution is 5.71. The minimum Gasteiger partial charge on any atom is -0.394 e. The van der Waals surface area contributed by atoms with Crippen molar-refractivity contribution in [2.75, 3.05) is 11.9 Å². The summed E-state index contributed by atoms with van der Waals surface area (Å²) in [4.78, 5) is 13.0. The van der Waals surface area contributed by atoms with Gasteiger partial charge in [-0.15, -0.1) is 0 Å². The number of anilines is 1. The van der Waals surface area contributed by atoms with Crippen molar-refractivity contribution in [1.82, 2.24) is 19.5 Å². The topological polar surface area (TPSA) is 126 Å². The molecule has 9 nitrogen and oxygen atoms in total. The third kappa shape index (κ3) is 2.63. The number of ether oxygens (including phenoxy) is 1. The first kappa shape index (κ1) is 15.7. The Hall–Kier alpha value is -1.81. The lowest BCUT2D eigenvalue weighted by atomic mass is 10.1. The molecular formula is C15H21N5O4. The Kier molecular flexibility index (Phi) is 4.09. The van der Waals surface area contributed by atoms with Gasteiger partial charge in [0.2, 0.25) is 5.95 Å². The van der Waals surface area contributed by atoms with Crippen molar-refractivity contribution in [2.45, 2.75) is 56.3 Å². The predicted molar refractivity (Wildman–Crippen MR) is 84.2 cm³/mol. The summed E-state index contributed by atoms with van der Waals surface area (Å²) in [5.41, 5.74) is 1.09. The van der Waals surface area contributed by atoms with Crippen LogP contribution in [0.3, 0.4) is 0 Å². The molecule has 0 spiro atoms. The number of hydrogen-bond donors (Lipinski definition) is 4. The van der Waals surface area contributed by atoms with Crippen LogP contribution in [0.25, 0.3) is 11.2 Å². The van der Waals surface area contributed by atoms with E-state index >= 15 is 0 Å². The van der Waals surface area contributed by atoms with Gasteiger partial charge >= 0.3 is 0 Å². The Morgan fingerprint density at radius 3 is 2.71 bits per heavy atom. The number of aromatic nitrogens is 4. The second kappa shape index (κ2) is 6.25. The maximum atomic E-state index is 10.2. The van der Waals surface area contributed by atoms with Crippen LogP contribution in [0, 0.1) is 0 Å². The zero-order valence-corrected chi connectivity index (χ0v) is 13.1. The number of nitrogens with one attached hydrogen (secondary N) is 1. The smallest absolute Gasteiger partial charge is 0.224 e. The monoisotopic (exact) mass is 335 g/mol. The maximum absolute atomic E-state index is 10.2. The molecule has 0 radical (unpaired) electrons. The Morgan fingerprint density at radius 1 is 1.21 bits per heavy atom. The summed E-state index contributed by atoms with van der Waals surface area (Å²) >= 11 is 0. The molecule has 3 heterocycles. The lowest BCUT2D eigenvalue weighted by molar-refractivity contribution is -0.0511. The number of nitrogens with zero attached hydrogens (tertiary/aromatic N) is 4. The molecule has 0 amide bonds. The average molecular weight is 335 g/mol. The van der Waals surface area contributed by atoms with E-state index in [-0.39, 0.29) is 6.61 Å². The third-order valence-electron chi connectivity index (χ3n) is 4.80. The summed E-state index contributed by atoms with van der Waals surface area (Å²) in [6, 6.07) is 0.382. The molecule has 130 valence electrons. The number of imidazole rings is 1. The first-order valence-corrected chi connectivity index (χ1v) is 8.26. The Bertz CT molecular complexity index is 717. The van der Waals surface area contributed by atoms with Gasteiger partial charge in [0.15, 0.2) is 11.9 Å². The maximum Gasteiger partial charge on any atom is 0.224 e. The molecule has 1 aliphatic carbocycles. The molecule has 2 aromatic heterocycles. The van der Waals surface area contributed by atoms with Gasteiger partial charge < -0.3 is 25.4 Å². The Labute approximate surface area is 138 Å². The second-order valence-corrected chi connectivity index (χ2v) is 6.41. The van der Waals surface area contributed by atoms with Gasteiger partial charge in [-0.25, -0.2) is 9.97 Å². The number of fused-ring (bicyclic) bond motifs is 1. The van der Waals surface area contributed by atoms with Crippen molar-refractivity contribution in [1.29, 1.82) is 0 Å². The predicted octanol–water partition coefficient (Wildman–Crippen LogP) is -0.208. The molecular weight excluding hydrogens is 314 g/mol. The number of aliphatic hydroxyl groups excluding tert-OH is 3. The fourth-order valence-electron chi connectivity index (χ4n) is 3.44. The summed E-state index contributed by atoms with van der Waals surface area (Å²) in [5, 5.41) is 32.7. The van der Waals surface area contributed by atoms with E-state index in [0.717, 1.165) is 12.8 Å². The van der Waals surface area contributed by atoms with Gasteiger partial charge in [-0.2, -0.15) is 4.98 Å². The normalized spacial score (nSPS) is 31.1. The fraction of sp³-hybridized carbons (Fsp3) is 0.667. The van der Waals surface area contributed by atoms with Crippen molar-refractivity contribution in [3.8, 4) is 0 Å². The van der Waals surface area contributed by atoms with Gasteiger partial charge in [-0.1, -0.05) is 12.8 Å². The minimum absolute atomic E-state index is 0.370. The van der Waals surface area contributed by atoms with Crippen LogP contribution in [0.2, 0.25) is 0 Å². The average Bonchev–Trinajstić information content (AvgIpc) is 3.29. The van der Waals surface area contributed by atoms with E-state index in [0.29, 0.717) is 23.2 Å². The molecule has 4 N–H and O–H groups in total. The molecule has 4 rings (SSSR count). The van der Waals surface area contributed by atoms with E-state index in [9.17, 15) is 15.3 Å². The fourth-order valence-corrected chi connectivity index (χ4v) is 3.44. The molecule has 1 saturated heterocycles. The van der Waals surface area contributed by atoms with E-state index in [4.69, 9.17) is 4.74 Å². The van der Waals surface area contributed by atoms with Crippen LogP contribution < -0.4 is 5.32 Å². The summed E-state index contributed by atoms with van der Waals surface area (Å²) in [5.74, 6) is 0.517. The first-order chi connectivity index (χ1) is 11.7. The van der Waals surface area contributed by atoms with Gasteiger partial charge in [0, 0.05) is 6.04 Å². The van der Waals surface area contributed by atoms with Crippen molar-refractivity contribution >= 4 is 17.1 Å². The van der Waals surface area contributed by atoms with Crippen molar-refractivity contribution in [3.63, 3.8) is 0 Å². The van der Waals surface area contributed by atoms with Gasteiger partial charge in [0.05, 0.1) is 19.1 Å². The Balaban J connectivity index is 1.63. The molecule has 1 saturated carbocycles. The van der Waals surface area contributed by atoms with Gasteiger partial charge in [0.1, 0.15) is 23.8 Å². The van der Waals surface area contributed by atoms with E-state index in [1.54, 1.807) is 10.8 Å². The third-order valence-corrected chi connectivity index (χ3v) is 4.80. The van der Waals surface area contributed by atoms with E-state index in [1.165, 1.54) is 19.2 Å². The zero-order chi connectivity index (χ0) is 16.7. The molecule has 0 aromatic carbocycles. The van der Waals surface area contributed by atoms with Gasteiger partial charge in [-0.3, -0.25) is 4.57 Å². The van der Waals surface area contributed by atoms with Crippen LogP contribution in [0.4, 0.5) is 5.95 Å². The van der Waals surface area contributed by atoms with Crippen molar-refractivity contribution in [3.05, 3.63) is 12.5 Å². The van der Waals surface area contributed by atoms with E-state index in [2.05, 4.69) is 20.3 Å². The van der Waals surface area contributed by atoms with E-state index < -0.39 is 24.5 Å². The number of rotatable bonds is 4. The molecule has 2 aromatic rings. The Morgan fingerprint density at radius 2 is 2.00 bits per heavy atom. The molecule has 2 aliphatic rings. The molecule has 9 heteroatoms. The summed E-state index contributed by atoms with van der Waals surface area (Å²) in [6.07, 6.45) is 3.75. The largest absolute Gasteiger partial charge is 0.394 e. The van der Waals surface area contributed by atoms with Crippen LogP contribution in [0.1, 0.15) is 31.9 Å². The standard InChI is InChI=1S/C15H21N5O4/c21-6-10-11(22)12(23)14(24-10)20-7-17-9-5-16-15(19-13(9)20)18-8-3-1-2-4-8/h5,7-8,10-12,14,21-23H,1-4,6H2,(H,16,18,19)/t10-,11-,12-,14-/m1/s1. The summed E-state index contributed by atoms with van der Waals surface area (Å²) in [7, 11) is 0. The molecule has 24 heavy (non-hydrogen) atoms. The highest BCUT2D eigenvalue weighted by atomic mass is 16.6. The molecule has 0 bridgehead atoms. The van der Waals surface area contributed by atoms with Crippen LogP contribution >= 0.6 is 0 Å². The number of aliphatic hydroxyl groups is 3. The first-order valence-electron chi connectivity index (χ1n) is 8.26. The molecule has 2 fully saturated rings. The molecule has 4 atom stereocenters. The highest BCUT2D eigenvalue weighted by Gasteiger charge is 2.43. The van der Waals surface area contributed by atoms with E-state index in [1.807, 2.05) is 0 Å². The van der Waals surface area contributed by atoms with Gasteiger partial charge in [-0.05, 0) is 12.8 Å².